The van der Waals surface area contributed by atoms with Crippen molar-refractivity contribution in [3.05, 3.63) is 182 Å². The molecule has 1 heterocycles. The molecule has 0 saturated heterocycles. The van der Waals surface area contributed by atoms with Gasteiger partial charge in [-0.15, -0.1) is 0 Å². The van der Waals surface area contributed by atoms with Crippen molar-refractivity contribution >= 4 is 40.7 Å². The van der Waals surface area contributed by atoms with Gasteiger partial charge in [0.25, 0.3) is 0 Å². The van der Waals surface area contributed by atoms with Gasteiger partial charge in [0.2, 0.25) is 0 Å². The molecular formula is C43H33NSi. The second-order valence-electron chi connectivity index (χ2n) is 11.9. The first-order valence-corrected chi connectivity index (χ1v) is 18.1. The van der Waals surface area contributed by atoms with Gasteiger partial charge >= 0.3 is 0 Å². The lowest BCUT2D eigenvalue weighted by atomic mass is 9.98. The van der Waals surface area contributed by atoms with Gasteiger partial charge in [-0.05, 0) is 62.1 Å². The van der Waals surface area contributed by atoms with Gasteiger partial charge in [-0.2, -0.15) is 0 Å². The smallest absolute Gasteiger partial charge is 0.147 e. The SMILES string of the molecule is C[Si]1(c2ccccc2)c2ccccc2-c2c(N(c3ccc(-c4ccccc4)cc3)c3ccccc3-c3ccccc3)cccc21. The molecule has 1 unspecified atom stereocenters. The Hall–Kier alpha value is -5.44. The molecule has 8 rings (SSSR count). The largest absolute Gasteiger partial charge is 0.309 e. The Morgan fingerprint density at radius 1 is 0.378 bits per heavy atom. The average Bonchev–Trinajstić information content (AvgIpc) is 3.39. The lowest BCUT2D eigenvalue weighted by Crippen LogP contribution is -2.62. The van der Waals surface area contributed by atoms with Crippen molar-refractivity contribution in [2.75, 3.05) is 4.90 Å². The Kier molecular flexibility index (Phi) is 6.78. The molecule has 0 fully saturated rings. The normalized spacial score (nSPS) is 14.9. The van der Waals surface area contributed by atoms with Gasteiger partial charge < -0.3 is 4.90 Å². The number of fused-ring (bicyclic) bond motifs is 3. The fourth-order valence-corrected chi connectivity index (χ4v) is 11.3. The van der Waals surface area contributed by atoms with Gasteiger partial charge in [0.1, 0.15) is 8.07 Å². The zero-order valence-electron chi connectivity index (χ0n) is 25.3. The summed E-state index contributed by atoms with van der Waals surface area (Å²) in [6.45, 7) is 2.52. The van der Waals surface area contributed by atoms with E-state index >= 15 is 0 Å². The van der Waals surface area contributed by atoms with E-state index in [4.69, 9.17) is 0 Å². The van der Waals surface area contributed by atoms with Crippen LogP contribution in [0.1, 0.15) is 0 Å². The van der Waals surface area contributed by atoms with Crippen molar-refractivity contribution < 1.29 is 0 Å². The van der Waals surface area contributed by atoms with Crippen LogP contribution in [-0.2, 0) is 0 Å². The van der Waals surface area contributed by atoms with Crippen LogP contribution in [0.2, 0.25) is 6.55 Å². The maximum Gasteiger partial charge on any atom is 0.147 e. The number of benzene rings is 7. The third kappa shape index (κ3) is 4.54. The highest BCUT2D eigenvalue weighted by molar-refractivity contribution is 7.13. The van der Waals surface area contributed by atoms with E-state index in [2.05, 4.69) is 193 Å². The molecule has 1 aliphatic rings. The van der Waals surface area contributed by atoms with Crippen LogP contribution in [0.3, 0.4) is 0 Å². The Labute approximate surface area is 266 Å². The van der Waals surface area contributed by atoms with Gasteiger partial charge in [0.15, 0.2) is 0 Å². The zero-order chi connectivity index (χ0) is 30.2. The second kappa shape index (κ2) is 11.2. The van der Waals surface area contributed by atoms with Crippen molar-refractivity contribution in [2.45, 2.75) is 6.55 Å². The number of nitrogens with zero attached hydrogens (tertiary/aromatic N) is 1. The molecule has 0 radical (unpaired) electrons. The molecule has 0 aliphatic carbocycles. The minimum Gasteiger partial charge on any atom is -0.309 e. The molecule has 0 aromatic heterocycles. The van der Waals surface area contributed by atoms with Crippen molar-refractivity contribution in [1.82, 2.24) is 0 Å². The van der Waals surface area contributed by atoms with E-state index in [1.165, 1.54) is 54.6 Å². The molecule has 0 spiro atoms. The molecule has 214 valence electrons. The van der Waals surface area contributed by atoms with E-state index in [9.17, 15) is 0 Å². The summed E-state index contributed by atoms with van der Waals surface area (Å²) in [5, 5.41) is 4.39. The Balaban J connectivity index is 1.39. The monoisotopic (exact) mass is 591 g/mol. The van der Waals surface area contributed by atoms with Crippen molar-refractivity contribution in [3.63, 3.8) is 0 Å². The minimum atomic E-state index is -2.24. The number of para-hydroxylation sites is 1. The van der Waals surface area contributed by atoms with Crippen molar-refractivity contribution in [3.8, 4) is 33.4 Å². The Morgan fingerprint density at radius 2 is 0.889 bits per heavy atom. The number of anilines is 3. The summed E-state index contributed by atoms with van der Waals surface area (Å²) in [5.74, 6) is 0. The lowest BCUT2D eigenvalue weighted by molar-refractivity contribution is 1.29. The second-order valence-corrected chi connectivity index (χ2v) is 15.8. The molecule has 1 nitrogen and oxygen atoms in total. The van der Waals surface area contributed by atoms with E-state index in [1.807, 2.05) is 0 Å². The number of hydrogen-bond acceptors (Lipinski definition) is 1. The Bertz CT molecular complexity index is 2100. The fourth-order valence-electron chi connectivity index (χ4n) is 7.16. The van der Waals surface area contributed by atoms with Gasteiger partial charge in [0, 0.05) is 16.8 Å². The average molecular weight is 592 g/mol. The van der Waals surface area contributed by atoms with Gasteiger partial charge in [0.05, 0.1) is 11.4 Å². The lowest BCUT2D eigenvalue weighted by Gasteiger charge is -2.31. The number of rotatable bonds is 6. The van der Waals surface area contributed by atoms with E-state index in [0.717, 1.165) is 11.4 Å². The number of hydrogen-bond donors (Lipinski definition) is 0. The highest BCUT2D eigenvalue weighted by atomic mass is 28.3. The maximum atomic E-state index is 2.52. The third-order valence-electron chi connectivity index (χ3n) is 9.37. The highest BCUT2D eigenvalue weighted by Crippen LogP contribution is 2.46. The van der Waals surface area contributed by atoms with Crippen LogP contribution in [0.25, 0.3) is 33.4 Å². The van der Waals surface area contributed by atoms with E-state index in [1.54, 1.807) is 0 Å². The van der Waals surface area contributed by atoms with Crippen LogP contribution in [0, 0.1) is 0 Å². The Morgan fingerprint density at radius 3 is 1.60 bits per heavy atom. The molecule has 0 bridgehead atoms. The molecular weight excluding hydrogens is 559 g/mol. The van der Waals surface area contributed by atoms with Crippen LogP contribution < -0.4 is 20.5 Å². The first kappa shape index (κ1) is 27.1. The molecule has 1 atom stereocenters. The molecule has 45 heavy (non-hydrogen) atoms. The van der Waals surface area contributed by atoms with Gasteiger partial charge in [-0.3, -0.25) is 0 Å². The first-order valence-electron chi connectivity index (χ1n) is 15.6. The summed E-state index contributed by atoms with van der Waals surface area (Å²) >= 11 is 0. The maximum absolute atomic E-state index is 2.52. The molecule has 7 aromatic rings. The quantitative estimate of drug-likeness (QED) is 0.174. The fraction of sp³-hybridized carbons (Fsp3) is 0.0233. The summed E-state index contributed by atoms with van der Waals surface area (Å²) < 4.78 is 0. The summed E-state index contributed by atoms with van der Waals surface area (Å²) in [5.41, 5.74) is 11.1. The van der Waals surface area contributed by atoms with Crippen LogP contribution in [0.4, 0.5) is 17.1 Å². The summed E-state index contributed by atoms with van der Waals surface area (Å²) in [4.78, 5) is 2.48. The minimum absolute atomic E-state index is 1.14. The summed E-state index contributed by atoms with van der Waals surface area (Å²) in [6, 6.07) is 66.5. The van der Waals surface area contributed by atoms with Crippen LogP contribution in [0.5, 0.6) is 0 Å². The predicted octanol–water partition coefficient (Wildman–Crippen LogP) is 9.57. The van der Waals surface area contributed by atoms with Gasteiger partial charge in [-0.1, -0.05) is 164 Å². The van der Waals surface area contributed by atoms with Gasteiger partial charge in [-0.25, -0.2) is 0 Å². The van der Waals surface area contributed by atoms with Crippen molar-refractivity contribution in [1.29, 1.82) is 0 Å². The third-order valence-corrected chi connectivity index (χ3v) is 13.9. The summed E-state index contributed by atoms with van der Waals surface area (Å²) in [6.07, 6.45) is 0. The first-order chi connectivity index (χ1) is 22.2. The summed E-state index contributed by atoms with van der Waals surface area (Å²) in [7, 11) is -2.24. The molecule has 0 amide bonds. The van der Waals surface area contributed by atoms with E-state index < -0.39 is 8.07 Å². The molecule has 7 aromatic carbocycles. The standard InChI is InChI=1S/C43H33NSi/c1-45(36-20-9-4-10-21-36)41-26-14-12-23-38(41)43-40(25-15-27-42(43)45)44(35-30-28-33(29-31-35)32-16-5-2-6-17-32)39-24-13-11-22-37(39)34-18-7-3-8-19-34/h2-31H,1H3. The molecule has 2 heteroatoms. The molecule has 0 saturated carbocycles. The molecule has 1 aliphatic heterocycles. The van der Waals surface area contributed by atoms with Crippen LogP contribution in [-0.4, -0.2) is 8.07 Å². The molecule has 0 N–H and O–H groups in total. The highest BCUT2D eigenvalue weighted by Gasteiger charge is 2.44. The van der Waals surface area contributed by atoms with Crippen LogP contribution >= 0.6 is 0 Å². The van der Waals surface area contributed by atoms with E-state index in [0.29, 0.717) is 0 Å². The zero-order valence-corrected chi connectivity index (χ0v) is 26.3. The topological polar surface area (TPSA) is 3.24 Å². The van der Waals surface area contributed by atoms with Crippen molar-refractivity contribution in [2.24, 2.45) is 0 Å². The predicted molar refractivity (Wildman–Crippen MR) is 194 cm³/mol. The van der Waals surface area contributed by atoms with Crippen LogP contribution in [0.15, 0.2) is 182 Å². The van der Waals surface area contributed by atoms with E-state index in [-0.39, 0.29) is 0 Å².